The Labute approximate surface area is 133 Å². The third-order valence-corrected chi connectivity index (χ3v) is 5.21. The van der Waals surface area contributed by atoms with Crippen LogP contribution in [0, 0.1) is 5.92 Å². The second-order valence-corrected chi connectivity index (χ2v) is 7.01. The zero-order valence-corrected chi connectivity index (χ0v) is 13.1. The van der Waals surface area contributed by atoms with Gasteiger partial charge in [-0.15, -0.1) is 11.3 Å². The Morgan fingerprint density at radius 3 is 3.05 bits per heavy atom. The fourth-order valence-corrected chi connectivity index (χ4v) is 3.62. The summed E-state index contributed by atoms with van der Waals surface area (Å²) in [5.41, 5.74) is 1.44. The van der Waals surface area contributed by atoms with Crippen molar-refractivity contribution in [1.82, 2.24) is 15.1 Å². The van der Waals surface area contributed by atoms with E-state index in [4.69, 9.17) is 4.74 Å². The van der Waals surface area contributed by atoms with E-state index in [0.29, 0.717) is 17.7 Å². The number of nitrogens with one attached hydrogen (secondary N) is 1. The first-order valence-corrected chi connectivity index (χ1v) is 8.67. The number of H-pyrrole nitrogens is 1. The van der Waals surface area contributed by atoms with Crippen LogP contribution in [-0.4, -0.2) is 46.8 Å². The van der Waals surface area contributed by atoms with Crippen LogP contribution in [0.25, 0.3) is 10.6 Å². The molecule has 0 radical (unpaired) electrons. The lowest BCUT2D eigenvalue weighted by Gasteiger charge is -2.24. The minimum absolute atomic E-state index is 0.0495. The van der Waals surface area contributed by atoms with Crippen molar-refractivity contribution < 1.29 is 9.53 Å². The molecule has 22 heavy (non-hydrogen) atoms. The van der Waals surface area contributed by atoms with E-state index in [-0.39, 0.29) is 5.91 Å². The maximum atomic E-state index is 12.8. The van der Waals surface area contributed by atoms with Crippen molar-refractivity contribution in [2.45, 2.75) is 25.3 Å². The van der Waals surface area contributed by atoms with Crippen molar-refractivity contribution in [1.29, 1.82) is 0 Å². The molecule has 3 heterocycles. The van der Waals surface area contributed by atoms with Crippen LogP contribution in [0.15, 0.2) is 23.6 Å². The van der Waals surface area contributed by atoms with Gasteiger partial charge >= 0.3 is 0 Å². The van der Waals surface area contributed by atoms with Crippen LogP contribution in [0.4, 0.5) is 0 Å². The molecular formula is C16H19N3O2S. The summed E-state index contributed by atoms with van der Waals surface area (Å²) in [5, 5.41) is 9.24. The molecule has 1 atom stereocenters. The predicted molar refractivity (Wildman–Crippen MR) is 84.9 cm³/mol. The lowest BCUT2D eigenvalue weighted by atomic mass is 10.1. The van der Waals surface area contributed by atoms with Crippen LogP contribution in [0.2, 0.25) is 0 Å². The van der Waals surface area contributed by atoms with Crippen molar-refractivity contribution in [3.8, 4) is 10.6 Å². The molecule has 6 heteroatoms. The Hall–Kier alpha value is -1.66. The molecule has 1 N–H and O–H groups in total. The van der Waals surface area contributed by atoms with Gasteiger partial charge in [0.25, 0.3) is 5.91 Å². The first kappa shape index (κ1) is 14.0. The van der Waals surface area contributed by atoms with Gasteiger partial charge in [-0.3, -0.25) is 9.89 Å². The summed E-state index contributed by atoms with van der Waals surface area (Å²) in [4.78, 5) is 15.9. The monoisotopic (exact) mass is 317 g/mol. The quantitative estimate of drug-likeness (QED) is 0.922. The molecule has 2 aromatic heterocycles. The zero-order chi connectivity index (χ0) is 14.9. The Morgan fingerprint density at radius 2 is 2.36 bits per heavy atom. The highest BCUT2D eigenvalue weighted by molar-refractivity contribution is 7.13. The predicted octanol–water partition coefficient (Wildman–Crippen LogP) is 2.78. The van der Waals surface area contributed by atoms with Crippen molar-refractivity contribution >= 4 is 17.2 Å². The van der Waals surface area contributed by atoms with Gasteiger partial charge in [0, 0.05) is 25.1 Å². The van der Waals surface area contributed by atoms with E-state index in [1.807, 2.05) is 28.5 Å². The second kappa shape index (κ2) is 5.85. The molecule has 1 saturated heterocycles. The van der Waals surface area contributed by atoms with Gasteiger partial charge in [-0.05, 0) is 36.8 Å². The number of aromatic nitrogens is 2. The van der Waals surface area contributed by atoms with Crippen LogP contribution >= 0.6 is 11.3 Å². The van der Waals surface area contributed by atoms with Gasteiger partial charge in [-0.2, -0.15) is 5.10 Å². The van der Waals surface area contributed by atoms with Gasteiger partial charge in [0.1, 0.15) is 0 Å². The Morgan fingerprint density at radius 1 is 1.45 bits per heavy atom. The zero-order valence-electron chi connectivity index (χ0n) is 12.3. The third-order valence-electron chi connectivity index (χ3n) is 4.31. The molecular weight excluding hydrogens is 298 g/mol. The first-order valence-electron chi connectivity index (χ1n) is 7.79. The van der Waals surface area contributed by atoms with E-state index in [1.54, 1.807) is 11.3 Å². The van der Waals surface area contributed by atoms with Crippen LogP contribution in [0.1, 0.15) is 29.8 Å². The number of rotatable bonds is 5. The van der Waals surface area contributed by atoms with Crippen LogP contribution in [0.3, 0.4) is 0 Å². The fraction of sp³-hybridized carbons (Fsp3) is 0.500. The van der Waals surface area contributed by atoms with Crippen molar-refractivity contribution in [3.05, 3.63) is 29.3 Å². The van der Waals surface area contributed by atoms with E-state index in [2.05, 4.69) is 10.2 Å². The molecule has 1 aliphatic heterocycles. The second-order valence-electron chi connectivity index (χ2n) is 6.06. The highest BCUT2D eigenvalue weighted by atomic mass is 32.1. The molecule has 2 fully saturated rings. The topological polar surface area (TPSA) is 58.2 Å². The number of aromatic amines is 1. The Bertz CT molecular complexity index is 642. The minimum Gasteiger partial charge on any atom is -0.381 e. The number of carbonyl (C=O) groups is 1. The highest BCUT2D eigenvalue weighted by Crippen LogP contribution is 2.31. The number of thiophene rings is 1. The molecule has 1 unspecified atom stereocenters. The van der Waals surface area contributed by atoms with E-state index in [9.17, 15) is 4.79 Å². The molecule has 0 bridgehead atoms. The van der Waals surface area contributed by atoms with E-state index < -0.39 is 0 Å². The summed E-state index contributed by atoms with van der Waals surface area (Å²) in [6.45, 7) is 2.39. The van der Waals surface area contributed by atoms with E-state index in [1.165, 1.54) is 0 Å². The van der Waals surface area contributed by atoms with Gasteiger partial charge in [0.15, 0.2) is 5.69 Å². The molecule has 0 aromatic carbocycles. The van der Waals surface area contributed by atoms with Gasteiger partial charge in [-0.1, -0.05) is 6.07 Å². The lowest BCUT2D eigenvalue weighted by Crippen LogP contribution is -2.37. The average Bonchev–Trinajstić information content (AvgIpc) is 3.01. The maximum Gasteiger partial charge on any atom is 0.274 e. The first-order chi connectivity index (χ1) is 10.8. The average molecular weight is 317 g/mol. The summed E-state index contributed by atoms with van der Waals surface area (Å²) in [6.07, 6.45) is 3.28. The standard InChI is InChI=1S/C16H19N3O2S/c20-16(14-8-13(17-18-14)15-2-1-7-22-15)19(12-3-4-12)9-11-5-6-21-10-11/h1-2,7-8,11-12H,3-6,9-10H2,(H,17,18). The van der Waals surface area contributed by atoms with Crippen LogP contribution in [0.5, 0.6) is 0 Å². The normalized spacial score (nSPS) is 21.2. The molecule has 2 aliphatic rings. The van der Waals surface area contributed by atoms with Gasteiger partial charge < -0.3 is 9.64 Å². The molecule has 4 rings (SSSR count). The summed E-state index contributed by atoms with van der Waals surface area (Å²) in [5.74, 6) is 0.522. The van der Waals surface area contributed by atoms with Gasteiger partial charge in [0.2, 0.25) is 0 Å². The third kappa shape index (κ3) is 2.80. The largest absolute Gasteiger partial charge is 0.381 e. The number of amides is 1. The van der Waals surface area contributed by atoms with Gasteiger partial charge in [0.05, 0.1) is 17.2 Å². The molecule has 1 aliphatic carbocycles. The molecule has 0 spiro atoms. The Kier molecular flexibility index (Phi) is 3.72. The SMILES string of the molecule is O=C(c1cc(-c2cccs2)[nH]n1)N(CC1CCOC1)C1CC1. The van der Waals surface area contributed by atoms with Crippen molar-refractivity contribution in [2.75, 3.05) is 19.8 Å². The maximum absolute atomic E-state index is 12.8. The number of carbonyl (C=O) groups excluding carboxylic acids is 1. The fourth-order valence-electron chi connectivity index (χ4n) is 2.93. The van der Waals surface area contributed by atoms with Crippen LogP contribution < -0.4 is 0 Å². The molecule has 5 nitrogen and oxygen atoms in total. The molecule has 116 valence electrons. The summed E-state index contributed by atoms with van der Waals surface area (Å²) in [6, 6.07) is 6.30. The number of nitrogens with zero attached hydrogens (tertiary/aromatic N) is 2. The Balaban J connectivity index is 1.51. The molecule has 1 amide bonds. The van der Waals surface area contributed by atoms with Crippen LogP contribution in [-0.2, 0) is 4.74 Å². The van der Waals surface area contributed by atoms with Crippen molar-refractivity contribution in [2.24, 2.45) is 5.92 Å². The lowest BCUT2D eigenvalue weighted by molar-refractivity contribution is 0.0700. The minimum atomic E-state index is 0.0495. The number of hydrogen-bond donors (Lipinski definition) is 1. The smallest absolute Gasteiger partial charge is 0.274 e. The number of hydrogen-bond acceptors (Lipinski definition) is 4. The summed E-state index contributed by atoms with van der Waals surface area (Å²) in [7, 11) is 0. The summed E-state index contributed by atoms with van der Waals surface area (Å²) >= 11 is 1.64. The van der Waals surface area contributed by atoms with Crippen molar-refractivity contribution in [3.63, 3.8) is 0 Å². The van der Waals surface area contributed by atoms with Gasteiger partial charge in [-0.25, -0.2) is 0 Å². The molecule has 1 saturated carbocycles. The van der Waals surface area contributed by atoms with E-state index in [0.717, 1.165) is 49.6 Å². The molecule has 2 aromatic rings. The van der Waals surface area contributed by atoms with E-state index >= 15 is 0 Å². The highest BCUT2D eigenvalue weighted by Gasteiger charge is 2.36. The number of ether oxygens (including phenoxy) is 1. The summed E-state index contributed by atoms with van der Waals surface area (Å²) < 4.78 is 5.44.